The number of ether oxygens (including phenoxy) is 1. The predicted molar refractivity (Wildman–Crippen MR) is 218 cm³/mol. The van der Waals surface area contributed by atoms with Crippen molar-refractivity contribution in [2.75, 3.05) is 10.2 Å². The molecule has 1 aliphatic rings. The molecule has 0 spiro atoms. The Balaban J connectivity index is 1.01. The second-order valence-corrected chi connectivity index (χ2v) is 13.4. The summed E-state index contributed by atoms with van der Waals surface area (Å²) < 4.78 is 6.62. The molecule has 0 bridgehead atoms. The van der Waals surface area contributed by atoms with Crippen LogP contribution in [0.15, 0.2) is 194 Å². The van der Waals surface area contributed by atoms with Crippen LogP contribution in [0.3, 0.4) is 0 Å². The fourth-order valence-corrected chi connectivity index (χ4v) is 7.66. The van der Waals surface area contributed by atoms with E-state index in [0.717, 1.165) is 56.0 Å². The maximum Gasteiger partial charge on any atom is 0.196 e. The monoisotopic (exact) mass is 666 g/mol. The summed E-state index contributed by atoms with van der Waals surface area (Å²) in [6, 6.07) is 69.3. The smallest absolute Gasteiger partial charge is 0.196 e. The van der Waals surface area contributed by atoms with E-state index < -0.39 is 0 Å². The van der Waals surface area contributed by atoms with E-state index in [9.17, 15) is 0 Å². The molecule has 0 aromatic heterocycles. The highest BCUT2D eigenvalue weighted by Crippen LogP contribution is 2.49. The lowest BCUT2D eigenvalue weighted by Gasteiger charge is -2.26. The van der Waals surface area contributed by atoms with Crippen LogP contribution in [0.4, 0.5) is 22.7 Å². The fourth-order valence-electron chi connectivity index (χ4n) is 7.66. The Kier molecular flexibility index (Phi) is 7.21. The van der Waals surface area contributed by atoms with Gasteiger partial charge in [0.2, 0.25) is 0 Å². The van der Waals surface area contributed by atoms with Gasteiger partial charge in [0, 0.05) is 33.4 Å². The van der Waals surface area contributed by atoms with Gasteiger partial charge >= 0.3 is 0 Å². The number of benzene rings is 9. The molecule has 1 unspecified atom stereocenters. The van der Waals surface area contributed by atoms with Gasteiger partial charge in [-0.3, -0.25) is 0 Å². The Labute approximate surface area is 303 Å². The highest BCUT2D eigenvalue weighted by molar-refractivity contribution is 6.18. The van der Waals surface area contributed by atoms with Gasteiger partial charge in [-0.2, -0.15) is 0 Å². The van der Waals surface area contributed by atoms with Crippen molar-refractivity contribution < 1.29 is 4.74 Å². The first-order chi connectivity index (χ1) is 25.8. The minimum atomic E-state index is -0.237. The largest absolute Gasteiger partial charge is 0.464 e. The van der Waals surface area contributed by atoms with Gasteiger partial charge < -0.3 is 15.0 Å². The number of nitrogens with zero attached hydrogens (tertiary/aromatic N) is 1. The highest BCUT2D eigenvalue weighted by Gasteiger charge is 2.28. The molecule has 1 heterocycles. The van der Waals surface area contributed by atoms with Crippen molar-refractivity contribution in [3.63, 3.8) is 0 Å². The Morgan fingerprint density at radius 2 is 0.904 bits per heavy atom. The number of hydrogen-bond donors (Lipinski definition) is 1. The van der Waals surface area contributed by atoms with Crippen LogP contribution >= 0.6 is 0 Å². The van der Waals surface area contributed by atoms with Gasteiger partial charge in [-0.05, 0) is 92.3 Å². The second-order valence-electron chi connectivity index (χ2n) is 13.4. The van der Waals surface area contributed by atoms with E-state index in [0.29, 0.717) is 0 Å². The van der Waals surface area contributed by atoms with Crippen LogP contribution in [-0.2, 0) is 0 Å². The molecule has 9 aromatic carbocycles. The van der Waals surface area contributed by atoms with Crippen molar-refractivity contribution in [1.82, 2.24) is 0 Å². The Hall–Kier alpha value is -6.84. The minimum absolute atomic E-state index is 0.237. The maximum atomic E-state index is 6.62. The average molecular weight is 667 g/mol. The van der Waals surface area contributed by atoms with E-state index in [2.05, 4.69) is 198 Å². The van der Waals surface area contributed by atoms with Crippen molar-refractivity contribution in [2.45, 2.75) is 6.23 Å². The zero-order valence-corrected chi connectivity index (χ0v) is 28.4. The molecule has 3 heteroatoms. The van der Waals surface area contributed by atoms with Gasteiger partial charge in [-0.25, -0.2) is 0 Å². The average Bonchev–Trinajstić information content (AvgIpc) is 3.68. The zero-order valence-electron chi connectivity index (χ0n) is 28.4. The van der Waals surface area contributed by atoms with Gasteiger partial charge in [0.25, 0.3) is 0 Å². The standard InChI is InChI=1S/C49H34N2O/c1-3-12-36(13-4-1)49-50-47-46-32-39(25-30-44(46)43-17-9-10-18-45(43)48(47)52-49)35-23-28-42(29-24-35)51(40-15-5-2-6-16-40)41-26-21-34(22-27-41)38-20-19-33-11-7-8-14-37(33)31-38/h1-32,49-50H. The molecule has 0 fully saturated rings. The summed E-state index contributed by atoms with van der Waals surface area (Å²) in [7, 11) is 0. The first-order valence-electron chi connectivity index (χ1n) is 17.8. The SMILES string of the molecule is c1ccc(C2Nc3c(c4ccccc4c4ccc(-c5ccc(N(c6ccccc6)c6ccc(-c7ccc8ccccc8c7)cc6)cc5)cc34)O2)cc1. The Bertz CT molecular complexity index is 2720. The number of hydrogen-bond acceptors (Lipinski definition) is 3. The summed E-state index contributed by atoms with van der Waals surface area (Å²) in [5, 5.41) is 10.9. The van der Waals surface area contributed by atoms with Gasteiger partial charge in [0.15, 0.2) is 12.0 Å². The van der Waals surface area contributed by atoms with Crippen molar-refractivity contribution in [1.29, 1.82) is 0 Å². The molecule has 52 heavy (non-hydrogen) atoms. The van der Waals surface area contributed by atoms with Gasteiger partial charge in [-0.1, -0.05) is 146 Å². The van der Waals surface area contributed by atoms with Gasteiger partial charge in [0.1, 0.15) is 0 Å². The van der Waals surface area contributed by atoms with Crippen LogP contribution in [0.1, 0.15) is 11.8 Å². The summed E-state index contributed by atoms with van der Waals surface area (Å²) in [5.41, 5.74) is 10.2. The van der Waals surface area contributed by atoms with E-state index in [1.165, 1.54) is 32.7 Å². The summed E-state index contributed by atoms with van der Waals surface area (Å²) in [6.07, 6.45) is -0.237. The summed E-state index contributed by atoms with van der Waals surface area (Å²) in [4.78, 5) is 2.32. The lowest BCUT2D eigenvalue weighted by molar-refractivity contribution is 0.262. The molecule has 0 saturated carbocycles. The highest BCUT2D eigenvalue weighted by atomic mass is 16.5. The first-order valence-corrected chi connectivity index (χ1v) is 17.8. The number of fused-ring (bicyclic) bond motifs is 7. The topological polar surface area (TPSA) is 24.5 Å². The third-order valence-corrected chi connectivity index (χ3v) is 10.3. The molecular weight excluding hydrogens is 633 g/mol. The normalized spacial score (nSPS) is 13.5. The molecule has 10 rings (SSSR count). The van der Waals surface area contributed by atoms with Crippen LogP contribution in [0.5, 0.6) is 5.75 Å². The summed E-state index contributed by atoms with van der Waals surface area (Å²) in [5.74, 6) is 0.912. The predicted octanol–water partition coefficient (Wildman–Crippen LogP) is 13.5. The molecule has 0 aliphatic carbocycles. The molecule has 0 saturated heterocycles. The van der Waals surface area contributed by atoms with E-state index >= 15 is 0 Å². The fraction of sp³-hybridized carbons (Fsp3) is 0.0204. The van der Waals surface area contributed by atoms with E-state index in [4.69, 9.17) is 4.74 Å². The molecule has 246 valence electrons. The van der Waals surface area contributed by atoms with Crippen molar-refractivity contribution in [3.05, 3.63) is 200 Å². The maximum absolute atomic E-state index is 6.62. The van der Waals surface area contributed by atoms with Crippen molar-refractivity contribution in [2.24, 2.45) is 0 Å². The zero-order chi connectivity index (χ0) is 34.4. The molecule has 1 N–H and O–H groups in total. The number of anilines is 4. The van der Waals surface area contributed by atoms with Gasteiger partial charge in [-0.15, -0.1) is 0 Å². The minimum Gasteiger partial charge on any atom is -0.464 e. The van der Waals surface area contributed by atoms with E-state index in [1.807, 2.05) is 6.07 Å². The molecule has 3 nitrogen and oxygen atoms in total. The number of rotatable bonds is 6. The molecule has 1 atom stereocenters. The van der Waals surface area contributed by atoms with Gasteiger partial charge in [0.05, 0.1) is 5.69 Å². The van der Waals surface area contributed by atoms with Crippen LogP contribution in [0, 0.1) is 0 Å². The van der Waals surface area contributed by atoms with Crippen molar-refractivity contribution >= 4 is 55.1 Å². The van der Waals surface area contributed by atoms with Crippen LogP contribution in [-0.4, -0.2) is 0 Å². The number of para-hydroxylation sites is 1. The molecule has 9 aromatic rings. The summed E-state index contributed by atoms with van der Waals surface area (Å²) >= 11 is 0. The third-order valence-electron chi connectivity index (χ3n) is 10.3. The van der Waals surface area contributed by atoms with E-state index in [-0.39, 0.29) is 6.23 Å². The number of nitrogens with one attached hydrogen (secondary N) is 1. The van der Waals surface area contributed by atoms with Crippen molar-refractivity contribution in [3.8, 4) is 28.0 Å². The lowest BCUT2D eigenvalue weighted by atomic mass is 9.95. The second kappa shape index (κ2) is 12.5. The molecule has 0 amide bonds. The summed E-state index contributed by atoms with van der Waals surface area (Å²) in [6.45, 7) is 0. The lowest BCUT2D eigenvalue weighted by Crippen LogP contribution is -2.09. The molecule has 1 aliphatic heterocycles. The first kappa shape index (κ1) is 30.0. The van der Waals surface area contributed by atoms with Crippen LogP contribution < -0.4 is 15.0 Å². The Morgan fingerprint density at radius 3 is 1.62 bits per heavy atom. The van der Waals surface area contributed by atoms with Crippen LogP contribution in [0.2, 0.25) is 0 Å². The Morgan fingerprint density at radius 1 is 0.385 bits per heavy atom. The van der Waals surface area contributed by atoms with E-state index in [1.54, 1.807) is 0 Å². The third kappa shape index (κ3) is 5.23. The molecular formula is C49H34N2O. The van der Waals surface area contributed by atoms with Crippen LogP contribution in [0.25, 0.3) is 54.6 Å². The molecule has 0 radical (unpaired) electrons. The quantitative estimate of drug-likeness (QED) is 0.179.